The van der Waals surface area contributed by atoms with Crippen LogP contribution in [0.1, 0.15) is 63.8 Å². The Morgan fingerprint density at radius 1 is 0.417 bits per heavy atom. The molecule has 0 aromatic heterocycles. The van der Waals surface area contributed by atoms with Gasteiger partial charge in [0.2, 0.25) is 0 Å². The van der Waals surface area contributed by atoms with Crippen molar-refractivity contribution in [2.24, 2.45) is 0 Å². The molecule has 0 aliphatic heterocycles. The first-order chi connectivity index (χ1) is 22.9. The molecule has 48 heavy (non-hydrogen) atoms. The van der Waals surface area contributed by atoms with E-state index in [1.54, 1.807) is 0 Å². The fourth-order valence-corrected chi connectivity index (χ4v) is 7.10. The molecule has 246 valence electrons. The molecule has 6 rings (SSSR count). The zero-order valence-corrected chi connectivity index (χ0v) is 31.0. The van der Waals surface area contributed by atoms with Crippen LogP contribution in [0.3, 0.4) is 0 Å². The minimum Gasteiger partial charge on any atom is -0.441 e. The van der Waals surface area contributed by atoms with Crippen LogP contribution < -0.4 is 18.1 Å². The summed E-state index contributed by atoms with van der Waals surface area (Å²) in [7, 11) is -0.476. The first-order valence-corrected chi connectivity index (χ1v) is 18.0. The molecular weight excluding hydrogens is 630 g/mol. The van der Waals surface area contributed by atoms with Gasteiger partial charge in [0.25, 0.3) is 18.1 Å². The monoisotopic (exact) mass is 674 g/mol. The first kappa shape index (κ1) is 33.8. The minimum atomic E-state index is -0.238. The van der Waals surface area contributed by atoms with Crippen LogP contribution in [-0.2, 0) is 10.8 Å². The summed E-state index contributed by atoms with van der Waals surface area (Å²) in [6.07, 6.45) is 0. The van der Waals surface area contributed by atoms with E-state index in [0.717, 1.165) is 67.2 Å². The molecule has 0 spiro atoms. The van der Waals surface area contributed by atoms with Crippen molar-refractivity contribution in [1.29, 1.82) is 0 Å². The second-order valence-corrected chi connectivity index (χ2v) is 15.6. The van der Waals surface area contributed by atoms with Gasteiger partial charge in [-0.3, -0.25) is 0 Å². The average molecular weight is 675 g/mol. The Bertz CT molecular complexity index is 1940. The summed E-state index contributed by atoms with van der Waals surface area (Å²) < 4.78 is 25.8. The van der Waals surface area contributed by atoms with Crippen molar-refractivity contribution in [2.75, 3.05) is 0 Å². The van der Waals surface area contributed by atoms with Gasteiger partial charge in [-0.25, -0.2) is 0 Å². The highest BCUT2D eigenvalue weighted by molar-refractivity contribution is 7.27. The van der Waals surface area contributed by atoms with Crippen molar-refractivity contribution in [3.05, 3.63) is 131 Å². The summed E-state index contributed by atoms with van der Waals surface area (Å²) in [5.41, 5.74) is 6.15. The largest absolute Gasteiger partial charge is 0.441 e. The Kier molecular flexibility index (Phi) is 9.71. The summed E-state index contributed by atoms with van der Waals surface area (Å²) >= 11 is 0. The van der Waals surface area contributed by atoms with Crippen LogP contribution in [0.5, 0.6) is 23.0 Å². The smallest absolute Gasteiger partial charge is 0.275 e. The molecule has 0 aliphatic rings. The second kappa shape index (κ2) is 13.8. The fraction of sp³-hybridized carbons (Fsp3) is 0.238. The predicted octanol–water partition coefficient (Wildman–Crippen LogP) is 12.8. The van der Waals surface area contributed by atoms with Gasteiger partial charge >= 0.3 is 0 Å². The van der Waals surface area contributed by atoms with Gasteiger partial charge in [0.05, 0.1) is 0 Å². The van der Waals surface area contributed by atoms with Crippen molar-refractivity contribution in [3.63, 3.8) is 0 Å². The highest BCUT2D eigenvalue weighted by Crippen LogP contribution is 2.49. The molecule has 0 amide bonds. The van der Waals surface area contributed by atoms with E-state index < -0.39 is 0 Å². The van der Waals surface area contributed by atoms with Gasteiger partial charge in [-0.15, -0.1) is 0 Å². The maximum absolute atomic E-state index is 6.68. The number of benzene rings is 6. The van der Waals surface area contributed by atoms with Crippen LogP contribution in [0.15, 0.2) is 109 Å². The van der Waals surface area contributed by atoms with E-state index in [1.165, 1.54) is 10.8 Å². The minimum absolute atomic E-state index is 0.178. The van der Waals surface area contributed by atoms with E-state index in [4.69, 9.17) is 18.1 Å². The van der Waals surface area contributed by atoms with Crippen LogP contribution in [0.2, 0.25) is 0 Å². The third-order valence-corrected chi connectivity index (χ3v) is 9.63. The summed E-state index contributed by atoms with van der Waals surface area (Å²) in [6, 6.07) is 37.7. The standard InChI is InChI=1S/C42H44O4P2/c1-27-21-35(39(37(23-27)41(3,4)5)45-47-43-33-19-17-29-13-9-11-15-31(29)25-33)36-22-28(2)24-38(42(6,7)8)40(36)46-48-44-34-20-18-30-14-10-12-16-32(30)26-34/h9-26,47-48H,1-8H3. The Morgan fingerprint density at radius 3 is 1.17 bits per heavy atom. The van der Waals surface area contributed by atoms with Crippen molar-refractivity contribution < 1.29 is 18.1 Å². The Balaban J connectivity index is 1.38. The summed E-state index contributed by atoms with van der Waals surface area (Å²) in [4.78, 5) is 0. The lowest BCUT2D eigenvalue weighted by Gasteiger charge is -2.28. The molecule has 6 heteroatoms. The van der Waals surface area contributed by atoms with E-state index in [9.17, 15) is 0 Å². The average Bonchev–Trinajstić information content (AvgIpc) is 3.04. The van der Waals surface area contributed by atoms with Crippen LogP contribution in [0, 0.1) is 13.8 Å². The van der Waals surface area contributed by atoms with E-state index in [-0.39, 0.29) is 28.9 Å². The molecule has 2 unspecified atom stereocenters. The predicted molar refractivity (Wildman–Crippen MR) is 206 cm³/mol. The quantitative estimate of drug-likeness (QED) is 0.143. The van der Waals surface area contributed by atoms with Crippen molar-refractivity contribution in [2.45, 2.75) is 66.2 Å². The van der Waals surface area contributed by atoms with Gasteiger partial charge in [0.15, 0.2) is 0 Å². The molecule has 0 saturated heterocycles. The maximum Gasteiger partial charge on any atom is 0.275 e. The fourth-order valence-electron chi connectivity index (χ4n) is 5.96. The molecular formula is C42H44O4P2. The number of rotatable bonds is 9. The van der Waals surface area contributed by atoms with Crippen molar-refractivity contribution in [1.82, 2.24) is 0 Å². The second-order valence-electron chi connectivity index (χ2n) is 14.5. The summed E-state index contributed by atoms with van der Waals surface area (Å²) in [5.74, 6) is 3.17. The molecule has 0 aliphatic carbocycles. The van der Waals surface area contributed by atoms with E-state index in [2.05, 4.69) is 128 Å². The Morgan fingerprint density at radius 2 is 0.792 bits per heavy atom. The lowest BCUT2D eigenvalue weighted by atomic mass is 9.80. The van der Waals surface area contributed by atoms with Gasteiger partial charge in [0.1, 0.15) is 23.0 Å². The summed E-state index contributed by atoms with van der Waals surface area (Å²) in [5, 5.41) is 4.62. The number of hydrogen-bond acceptors (Lipinski definition) is 4. The van der Waals surface area contributed by atoms with Crippen LogP contribution >= 0.6 is 18.1 Å². The molecule has 0 bridgehead atoms. The number of aryl methyl sites for hydroxylation is 2. The van der Waals surface area contributed by atoms with Crippen molar-refractivity contribution in [3.8, 4) is 34.1 Å². The number of hydrogen-bond donors (Lipinski definition) is 0. The van der Waals surface area contributed by atoms with Gasteiger partial charge in [-0.05, 0) is 93.7 Å². The molecule has 0 saturated carbocycles. The molecule has 4 nitrogen and oxygen atoms in total. The molecule has 0 heterocycles. The van der Waals surface area contributed by atoms with E-state index >= 15 is 0 Å². The van der Waals surface area contributed by atoms with E-state index in [0.29, 0.717) is 0 Å². The van der Waals surface area contributed by atoms with Crippen LogP contribution in [0.25, 0.3) is 32.7 Å². The zero-order valence-electron chi connectivity index (χ0n) is 29.0. The molecule has 0 radical (unpaired) electrons. The van der Waals surface area contributed by atoms with Gasteiger partial charge in [-0.2, -0.15) is 0 Å². The van der Waals surface area contributed by atoms with Gasteiger partial charge in [0, 0.05) is 22.3 Å². The Labute approximate surface area is 288 Å². The SMILES string of the molecule is Cc1cc(-c2cc(C)cc(C(C)(C)C)c2OPOc2ccc3ccccc3c2)c(OPOc2ccc3ccccc3c2)c(C(C)(C)C)c1. The van der Waals surface area contributed by atoms with Gasteiger partial charge < -0.3 is 18.1 Å². The normalized spacial score (nSPS) is 12.4. The van der Waals surface area contributed by atoms with Crippen molar-refractivity contribution >= 4 is 39.6 Å². The van der Waals surface area contributed by atoms with Crippen LogP contribution in [-0.4, -0.2) is 0 Å². The molecule has 6 aromatic carbocycles. The molecule has 2 atom stereocenters. The maximum atomic E-state index is 6.68. The third kappa shape index (κ3) is 7.62. The molecule has 0 N–H and O–H groups in total. The first-order valence-electron chi connectivity index (χ1n) is 16.3. The highest BCUT2D eigenvalue weighted by atomic mass is 31.1. The third-order valence-electron chi connectivity index (χ3n) is 8.42. The lowest BCUT2D eigenvalue weighted by Crippen LogP contribution is -2.15. The van der Waals surface area contributed by atoms with Crippen LogP contribution in [0.4, 0.5) is 0 Å². The Hall–Kier alpha value is -4.10. The molecule has 0 fully saturated rings. The highest BCUT2D eigenvalue weighted by Gasteiger charge is 2.28. The van der Waals surface area contributed by atoms with E-state index in [1.807, 2.05) is 36.4 Å². The lowest BCUT2D eigenvalue weighted by molar-refractivity contribution is 0.488. The summed E-state index contributed by atoms with van der Waals surface area (Å²) in [6.45, 7) is 17.6. The topological polar surface area (TPSA) is 36.9 Å². The van der Waals surface area contributed by atoms with Gasteiger partial charge in [-0.1, -0.05) is 114 Å². The zero-order chi connectivity index (χ0) is 34.1. The molecule has 6 aromatic rings. The number of fused-ring (bicyclic) bond motifs is 2.